The second-order valence-corrected chi connectivity index (χ2v) is 25.0. The Labute approximate surface area is 842 Å². The average Bonchev–Trinajstić information content (AvgIpc) is 1.49. The van der Waals surface area contributed by atoms with Crippen LogP contribution in [-0.4, -0.2) is 9.13 Å². The largest absolute Gasteiger partial charge is 0.310 e. The predicted octanol–water partition coefficient (Wildman–Crippen LogP) is 33.2. The number of anilines is 6. The Morgan fingerprint density at radius 3 is 0.669 bits per heavy atom. The summed E-state index contributed by atoms with van der Waals surface area (Å²) in [4.78, 5) is 0.314. The highest BCUT2D eigenvalue weighted by Crippen LogP contribution is 2.47. The number of para-hydroxylation sites is 4. The highest BCUT2D eigenvalue weighted by atomic mass is 15.2. The van der Waals surface area contributed by atoms with Gasteiger partial charge in [0.2, 0.25) is 0 Å². The molecule has 0 N–H and O–H groups in total. The molecule has 0 saturated heterocycles. The van der Waals surface area contributed by atoms with Crippen molar-refractivity contribution < 1.29 is 115 Å². The fourth-order valence-electron chi connectivity index (χ4n) is 12.4. The SMILES string of the molecule is [2H]c1c([2H])c([2H])c(-c2c([2H])c([2H])c(-c3c([2H])c([2H])c([2H])c([2H])c3N(c3c([2H])c([2H])c(-c4c([2H])c([2H])c([2H])c([2H])c4[2H])c([2H])c3[2H])c3c([2H])c([2H])c(-c4c([2H])c([2H])c5c(c4[2H])c4c([2H])c([2H])c([2H])c([2H])c4n5-c4c([2H])c([2H])c([2H])c(-c5c([2H])c([2H])c([2H])c([2H])c5[2H])c4[2H])c([2H])c3[2H])c([2H])c2[2H])c([2H])c1[2H].[2H]c1c([2H])c([2H])c(-c2c([2H])c([2H])c(-c3c([2H])c([2H])c([2H])c([2H])c3N(c3c([2H])c([2H])c(-c4c([2H])c([2H])c([2H])c([2H])c4[2H])c([2H])c3[2H])c3c([2H])c([2H])c(-c4c([2H])c([2H])c5c(c4[2H])c4c([2H])c([2H])c([2H])c([2H])c4n5-c4c([2H])c([2H])c([2H])c(-c5c([2H])c([2H])c([2H])c([2H])c5[2H])c4[2H])c([2H])c3[2H])c([2H])c2[2H])c([2H])c1[2H]. The summed E-state index contributed by atoms with van der Waals surface area (Å²) in [7, 11) is 0. The molecule has 0 fully saturated rings. The van der Waals surface area contributed by atoms with Crippen LogP contribution in [0.4, 0.5) is 34.1 Å². The lowest BCUT2D eigenvalue weighted by Gasteiger charge is -2.28. The number of benzene rings is 20. The standard InChI is InChI=1S/2C60H42N2/c2*1-4-15-43(16-5-1)46-27-29-49(30-28-46)55-23-10-12-25-58(55)61(52-36-31-47(32-37-52)44-17-6-2-7-18-44)53-38-33-48(34-39-53)51-35-40-60-57(42-51)56-24-11-13-26-59(56)62(60)54-22-14-21-50(41-54)45-19-8-3-9-20-45/h2*1-42H/i2*1D,2D,3D,4D,5D,6D,7D,8D,9D,10D,11D,12D,13D,14D,15D,16D,17D,18D,19D,20D,21D,22D,23D,24D,25D,26D,27D,28D,29D,30D,31D,32D,33D,34D,35D,36D,37D,38D,39D,40D,41D,42D. The first kappa shape index (κ1) is 27.3. The van der Waals surface area contributed by atoms with E-state index in [4.69, 9.17) is 57.6 Å². The van der Waals surface area contributed by atoms with E-state index in [1.807, 2.05) is 0 Å². The van der Waals surface area contributed by atoms with E-state index in [1.165, 1.54) is 0 Å². The highest BCUT2D eigenvalue weighted by molar-refractivity contribution is 6.12. The van der Waals surface area contributed by atoms with E-state index in [-0.39, 0.29) is 9.80 Å². The van der Waals surface area contributed by atoms with Crippen LogP contribution in [0.5, 0.6) is 0 Å². The van der Waals surface area contributed by atoms with Crippen LogP contribution < -0.4 is 9.80 Å². The van der Waals surface area contributed by atoms with Gasteiger partial charge >= 0.3 is 0 Å². The maximum absolute atomic E-state index is 9.98. The topological polar surface area (TPSA) is 16.3 Å². The fourth-order valence-corrected chi connectivity index (χ4v) is 12.4. The first-order chi connectivity index (χ1) is 96.5. The lowest BCUT2D eigenvalue weighted by Crippen LogP contribution is -2.11. The van der Waals surface area contributed by atoms with Crippen LogP contribution >= 0.6 is 0 Å². The highest BCUT2D eigenvalue weighted by Gasteiger charge is 2.23. The van der Waals surface area contributed by atoms with Gasteiger partial charge in [-0.2, -0.15) is 0 Å². The number of aromatic nitrogens is 2. The van der Waals surface area contributed by atoms with Crippen molar-refractivity contribution in [3.05, 3.63) is 508 Å². The monoisotopic (exact) mass is 1670 g/mol. The van der Waals surface area contributed by atoms with Gasteiger partial charge in [0.05, 0.1) is 149 Å². The molecule has 0 atom stereocenters. The number of fused-ring (bicyclic) bond motifs is 6. The van der Waals surface area contributed by atoms with Crippen molar-refractivity contribution in [1.82, 2.24) is 9.13 Å². The van der Waals surface area contributed by atoms with E-state index in [9.17, 15) is 57.6 Å². The number of rotatable bonds is 18. The van der Waals surface area contributed by atoms with Gasteiger partial charge in [-0.15, -0.1) is 0 Å². The molecule has 0 radical (unpaired) electrons. The molecular formula is C120H84N4. The molecule has 2 aromatic heterocycles. The van der Waals surface area contributed by atoms with Crippen LogP contribution in [0.1, 0.15) is 115 Å². The Kier molecular flexibility index (Phi) is 7.44. The van der Waals surface area contributed by atoms with Gasteiger partial charge in [0.25, 0.3) is 0 Å². The summed E-state index contributed by atoms with van der Waals surface area (Å²) in [5.74, 6) is 0. The summed E-state index contributed by atoms with van der Waals surface area (Å²) in [6, 6.07) is -99.2. The minimum absolute atomic E-state index is 0.157. The van der Waals surface area contributed by atoms with Crippen LogP contribution in [0.3, 0.4) is 0 Å². The van der Waals surface area contributed by atoms with E-state index < -0.39 is 708 Å². The molecule has 4 nitrogen and oxygen atoms in total. The summed E-state index contributed by atoms with van der Waals surface area (Å²) in [5, 5.41) is -3.27. The molecule has 20 aromatic carbocycles. The van der Waals surface area contributed by atoms with Gasteiger partial charge in [-0.05, 0) is 221 Å². The van der Waals surface area contributed by atoms with Crippen molar-refractivity contribution in [1.29, 1.82) is 0 Å². The Morgan fingerprint density at radius 1 is 0.145 bits per heavy atom. The fraction of sp³-hybridized carbons (Fsp3) is 0. The minimum Gasteiger partial charge on any atom is -0.310 e. The lowest BCUT2D eigenvalue weighted by atomic mass is 9.98. The van der Waals surface area contributed by atoms with Crippen molar-refractivity contribution in [3.63, 3.8) is 0 Å². The van der Waals surface area contributed by atoms with Crippen molar-refractivity contribution in [2.24, 2.45) is 0 Å². The smallest absolute Gasteiger partial charge is 0.0651 e. The Balaban J connectivity index is 0.000000227. The molecule has 0 aliphatic carbocycles. The molecule has 22 rings (SSSR count). The average molecular weight is 1670 g/mol. The molecule has 22 aromatic rings. The van der Waals surface area contributed by atoms with Crippen molar-refractivity contribution in [2.75, 3.05) is 9.80 Å². The summed E-state index contributed by atoms with van der Waals surface area (Å²) >= 11 is 0. The summed E-state index contributed by atoms with van der Waals surface area (Å²) in [5.41, 5.74) is -34.3. The van der Waals surface area contributed by atoms with Crippen molar-refractivity contribution >= 4 is 77.7 Å². The molecule has 584 valence electrons. The number of hydrogen-bond acceptors (Lipinski definition) is 2. The molecule has 4 heteroatoms. The van der Waals surface area contributed by atoms with Gasteiger partial charge in [0.15, 0.2) is 0 Å². The van der Waals surface area contributed by atoms with Crippen LogP contribution in [0.15, 0.2) is 508 Å². The van der Waals surface area contributed by atoms with Gasteiger partial charge < -0.3 is 18.9 Å². The van der Waals surface area contributed by atoms with Crippen LogP contribution in [0, 0.1) is 0 Å². The Bertz CT molecular complexity index is 12000. The van der Waals surface area contributed by atoms with Gasteiger partial charge in [0.1, 0.15) is 0 Å². The predicted molar refractivity (Wildman–Crippen MR) is 525 cm³/mol. The Hall–Kier alpha value is -16.4. The zero-order valence-corrected chi connectivity index (χ0v) is 61.8. The second kappa shape index (κ2) is 33.8. The lowest BCUT2D eigenvalue weighted by molar-refractivity contribution is 1.18. The van der Waals surface area contributed by atoms with Gasteiger partial charge in [-0.3, -0.25) is 0 Å². The third-order valence-electron chi connectivity index (χ3n) is 17.9. The molecule has 0 unspecified atom stereocenters. The van der Waals surface area contributed by atoms with E-state index in [1.54, 1.807) is 0 Å². The van der Waals surface area contributed by atoms with Gasteiger partial charge in [0, 0.05) is 66.8 Å². The zero-order valence-electron chi connectivity index (χ0n) is 146. The van der Waals surface area contributed by atoms with Crippen LogP contribution in [-0.2, 0) is 0 Å². The van der Waals surface area contributed by atoms with Crippen LogP contribution in [0.2, 0.25) is 0 Å². The second-order valence-electron chi connectivity index (χ2n) is 25.0. The molecule has 0 amide bonds. The molecular weight excluding hydrogens is 1500 g/mol. The summed E-state index contributed by atoms with van der Waals surface area (Å²) in [6.07, 6.45) is 0. The molecule has 0 aliphatic rings. The number of nitrogens with zero attached hydrogens (tertiary/aromatic N) is 4. The third kappa shape index (κ3) is 15.0. The minimum atomic E-state index is -1.52. The normalized spacial score (nSPS) is 20.7. The molecule has 0 bridgehead atoms. The van der Waals surface area contributed by atoms with Gasteiger partial charge in [-0.25, -0.2) is 0 Å². The van der Waals surface area contributed by atoms with Gasteiger partial charge in [-0.1, -0.05) is 387 Å². The van der Waals surface area contributed by atoms with Crippen molar-refractivity contribution in [2.45, 2.75) is 0 Å². The maximum Gasteiger partial charge on any atom is 0.0651 e. The van der Waals surface area contributed by atoms with E-state index in [2.05, 4.69) is 0 Å². The summed E-state index contributed by atoms with van der Waals surface area (Å²) < 4.78 is 764. The molecule has 0 aliphatic heterocycles. The van der Waals surface area contributed by atoms with E-state index >= 15 is 0 Å². The summed E-state index contributed by atoms with van der Waals surface area (Å²) in [6.45, 7) is 0. The molecule has 2 heterocycles. The maximum atomic E-state index is 9.98. The molecule has 0 saturated carbocycles. The van der Waals surface area contributed by atoms with Crippen molar-refractivity contribution in [3.8, 4) is 123 Å². The van der Waals surface area contributed by atoms with E-state index in [0.29, 0.717) is 9.13 Å². The Morgan fingerprint density at radius 2 is 0.355 bits per heavy atom. The van der Waals surface area contributed by atoms with E-state index in [0.717, 1.165) is 0 Å². The first-order valence-electron chi connectivity index (χ1n) is 77.7. The first-order valence-corrected chi connectivity index (χ1v) is 35.7. The zero-order chi connectivity index (χ0) is 156. The number of hydrogen-bond donors (Lipinski definition) is 0. The molecule has 124 heavy (non-hydrogen) atoms. The third-order valence-corrected chi connectivity index (χ3v) is 17.9. The quantitative estimate of drug-likeness (QED) is 0.0851. The van der Waals surface area contributed by atoms with Crippen LogP contribution in [0.25, 0.3) is 166 Å². The molecule has 0 spiro atoms.